The van der Waals surface area contributed by atoms with Gasteiger partial charge in [0.25, 0.3) is 0 Å². The summed E-state index contributed by atoms with van der Waals surface area (Å²) in [5.41, 5.74) is 0. The van der Waals surface area contributed by atoms with Crippen LogP contribution in [0.5, 0.6) is 5.75 Å². The highest BCUT2D eigenvalue weighted by Gasteiger charge is 2.18. The van der Waals surface area contributed by atoms with Gasteiger partial charge < -0.3 is 15.4 Å². The molecule has 2 N–H and O–H groups in total. The Hall–Kier alpha value is -0.620. The van der Waals surface area contributed by atoms with E-state index in [4.69, 9.17) is 16.3 Å². The van der Waals surface area contributed by atoms with Crippen LogP contribution >= 0.6 is 35.8 Å². The van der Waals surface area contributed by atoms with Crippen LogP contribution in [0.2, 0.25) is 5.02 Å². The van der Waals surface area contributed by atoms with E-state index in [2.05, 4.69) is 10.6 Å². The maximum absolute atomic E-state index is 12.0. The first-order valence-electron chi connectivity index (χ1n) is 7.68. The predicted octanol–water partition coefficient (Wildman–Crippen LogP) is 3.13. The van der Waals surface area contributed by atoms with Gasteiger partial charge in [-0.25, -0.2) is 0 Å². The second-order valence-corrected chi connectivity index (χ2v) is 6.87. The molecule has 0 aliphatic carbocycles. The van der Waals surface area contributed by atoms with Crippen LogP contribution in [-0.2, 0) is 4.79 Å². The maximum Gasteiger partial charge on any atom is 0.221 e. The zero-order chi connectivity index (χ0) is 15.8. The van der Waals surface area contributed by atoms with E-state index in [1.165, 1.54) is 0 Å². The Balaban J connectivity index is 0.00000264. The van der Waals surface area contributed by atoms with Crippen molar-refractivity contribution in [2.24, 2.45) is 0 Å². The van der Waals surface area contributed by atoms with Crippen molar-refractivity contribution in [3.8, 4) is 5.75 Å². The Morgan fingerprint density at radius 3 is 2.96 bits per heavy atom. The second kappa shape index (κ2) is 11.0. The topological polar surface area (TPSA) is 50.4 Å². The first-order valence-corrected chi connectivity index (χ1v) is 9.21. The van der Waals surface area contributed by atoms with Gasteiger partial charge in [-0.05, 0) is 18.6 Å². The van der Waals surface area contributed by atoms with E-state index in [-0.39, 0.29) is 30.5 Å². The molecule has 23 heavy (non-hydrogen) atoms. The SMILES string of the molecule is CCC(CNC(=O)CC1CSCCN1)Oc1ccccc1Cl.Cl. The van der Waals surface area contributed by atoms with Crippen LogP contribution in [0.15, 0.2) is 24.3 Å². The summed E-state index contributed by atoms with van der Waals surface area (Å²) in [5, 5.41) is 6.93. The molecule has 1 aromatic rings. The maximum atomic E-state index is 12.0. The highest BCUT2D eigenvalue weighted by Crippen LogP contribution is 2.24. The lowest BCUT2D eigenvalue weighted by Crippen LogP contribution is -2.43. The average Bonchev–Trinajstić information content (AvgIpc) is 2.54. The van der Waals surface area contributed by atoms with Crippen LogP contribution < -0.4 is 15.4 Å². The summed E-state index contributed by atoms with van der Waals surface area (Å²) in [7, 11) is 0. The molecule has 4 nitrogen and oxygen atoms in total. The van der Waals surface area contributed by atoms with Crippen molar-refractivity contribution in [2.45, 2.75) is 31.9 Å². The third kappa shape index (κ3) is 7.21. The molecule has 1 saturated heterocycles. The summed E-state index contributed by atoms with van der Waals surface area (Å²) < 4.78 is 5.87. The fourth-order valence-corrected chi connectivity index (χ4v) is 3.39. The van der Waals surface area contributed by atoms with Crippen molar-refractivity contribution < 1.29 is 9.53 Å². The summed E-state index contributed by atoms with van der Waals surface area (Å²) in [6.45, 7) is 3.52. The minimum absolute atomic E-state index is 0. The molecule has 2 unspecified atom stereocenters. The third-order valence-electron chi connectivity index (χ3n) is 3.54. The van der Waals surface area contributed by atoms with E-state index in [0.717, 1.165) is 24.5 Å². The predicted molar refractivity (Wildman–Crippen MR) is 100 cm³/mol. The number of hydrogen-bond donors (Lipinski definition) is 2. The van der Waals surface area contributed by atoms with Crippen LogP contribution in [0.25, 0.3) is 0 Å². The molecule has 2 atom stereocenters. The molecule has 2 rings (SSSR count). The number of para-hydroxylation sites is 1. The lowest BCUT2D eigenvalue weighted by molar-refractivity contribution is -0.121. The number of thioether (sulfide) groups is 1. The minimum Gasteiger partial charge on any atom is -0.487 e. The van der Waals surface area contributed by atoms with Gasteiger partial charge in [0, 0.05) is 30.5 Å². The quantitative estimate of drug-likeness (QED) is 0.764. The van der Waals surface area contributed by atoms with Gasteiger partial charge in [0.2, 0.25) is 5.91 Å². The molecule has 7 heteroatoms. The Morgan fingerprint density at radius 1 is 1.52 bits per heavy atom. The highest BCUT2D eigenvalue weighted by molar-refractivity contribution is 7.99. The largest absolute Gasteiger partial charge is 0.487 e. The lowest BCUT2D eigenvalue weighted by Gasteiger charge is -2.23. The molecule has 130 valence electrons. The third-order valence-corrected chi connectivity index (χ3v) is 4.99. The first-order chi connectivity index (χ1) is 10.7. The van der Waals surface area contributed by atoms with Crippen molar-refractivity contribution >= 4 is 41.7 Å². The normalized spacial score (nSPS) is 18.6. The fraction of sp³-hybridized carbons (Fsp3) is 0.562. The molecule has 1 aromatic carbocycles. The number of amides is 1. The molecule has 0 radical (unpaired) electrons. The molecule has 1 amide bonds. The Morgan fingerprint density at radius 2 is 2.30 bits per heavy atom. The molecular weight excluding hydrogens is 355 g/mol. The van der Waals surface area contributed by atoms with E-state index in [1.807, 2.05) is 36.9 Å². The molecule has 0 saturated carbocycles. The molecule has 1 fully saturated rings. The minimum atomic E-state index is -0.0717. The Labute approximate surface area is 153 Å². The lowest BCUT2D eigenvalue weighted by atomic mass is 10.2. The van der Waals surface area contributed by atoms with E-state index >= 15 is 0 Å². The van der Waals surface area contributed by atoms with Gasteiger partial charge in [0.1, 0.15) is 11.9 Å². The zero-order valence-corrected chi connectivity index (χ0v) is 15.6. The van der Waals surface area contributed by atoms with Crippen molar-refractivity contribution in [1.29, 1.82) is 0 Å². The highest BCUT2D eigenvalue weighted by atomic mass is 35.5. The number of benzene rings is 1. The van der Waals surface area contributed by atoms with Gasteiger partial charge in [-0.3, -0.25) is 4.79 Å². The van der Waals surface area contributed by atoms with Crippen LogP contribution in [0.1, 0.15) is 19.8 Å². The first kappa shape index (κ1) is 20.4. The van der Waals surface area contributed by atoms with E-state index in [9.17, 15) is 4.79 Å². The van der Waals surface area contributed by atoms with Gasteiger partial charge >= 0.3 is 0 Å². The fourth-order valence-electron chi connectivity index (χ4n) is 2.26. The molecule has 1 aliphatic heterocycles. The van der Waals surface area contributed by atoms with Crippen molar-refractivity contribution in [1.82, 2.24) is 10.6 Å². The van der Waals surface area contributed by atoms with Crippen LogP contribution in [0, 0.1) is 0 Å². The van der Waals surface area contributed by atoms with Crippen LogP contribution in [0.3, 0.4) is 0 Å². The molecule has 0 aromatic heterocycles. The van der Waals surface area contributed by atoms with Crippen LogP contribution in [0.4, 0.5) is 0 Å². The van der Waals surface area contributed by atoms with Gasteiger partial charge in [-0.2, -0.15) is 11.8 Å². The van der Waals surface area contributed by atoms with Gasteiger partial charge in [-0.1, -0.05) is 30.7 Å². The number of rotatable bonds is 7. The van der Waals surface area contributed by atoms with E-state index in [1.54, 1.807) is 6.07 Å². The van der Waals surface area contributed by atoms with Gasteiger partial charge in [-0.15, -0.1) is 12.4 Å². The van der Waals surface area contributed by atoms with E-state index in [0.29, 0.717) is 23.7 Å². The number of carbonyl (C=O) groups excluding carboxylic acids is 1. The molecule has 0 bridgehead atoms. The van der Waals surface area contributed by atoms with Gasteiger partial charge in [0.05, 0.1) is 11.6 Å². The van der Waals surface area contributed by atoms with Crippen molar-refractivity contribution in [3.63, 3.8) is 0 Å². The monoisotopic (exact) mass is 378 g/mol. The standard InChI is InChI=1S/C16H23ClN2O2S.ClH/c1-2-13(21-15-6-4-3-5-14(15)17)10-19-16(20)9-12-11-22-8-7-18-12;/h3-6,12-13,18H,2,7-11H2,1H3,(H,19,20);1H. The average molecular weight is 379 g/mol. The number of nitrogens with one attached hydrogen (secondary N) is 2. The summed E-state index contributed by atoms with van der Waals surface area (Å²) in [4.78, 5) is 12.0. The zero-order valence-electron chi connectivity index (χ0n) is 13.2. The smallest absolute Gasteiger partial charge is 0.221 e. The Bertz CT molecular complexity index is 485. The van der Waals surface area contributed by atoms with Crippen molar-refractivity contribution in [2.75, 3.05) is 24.6 Å². The number of hydrogen-bond acceptors (Lipinski definition) is 4. The molecule has 1 heterocycles. The second-order valence-electron chi connectivity index (χ2n) is 5.31. The molecule has 0 spiro atoms. The molecule has 1 aliphatic rings. The number of halogens is 2. The number of ether oxygens (including phenoxy) is 1. The number of carbonyl (C=O) groups is 1. The molecular formula is C16H24Cl2N2O2S. The van der Waals surface area contributed by atoms with Gasteiger partial charge in [0.15, 0.2) is 0 Å². The van der Waals surface area contributed by atoms with Crippen LogP contribution in [-0.4, -0.2) is 42.6 Å². The van der Waals surface area contributed by atoms with E-state index < -0.39 is 0 Å². The Kier molecular flexibility index (Phi) is 9.79. The summed E-state index contributed by atoms with van der Waals surface area (Å²) in [6, 6.07) is 7.68. The summed E-state index contributed by atoms with van der Waals surface area (Å²) in [6.07, 6.45) is 1.26. The summed E-state index contributed by atoms with van der Waals surface area (Å²) >= 11 is 7.99. The summed E-state index contributed by atoms with van der Waals surface area (Å²) in [5.74, 6) is 2.86. The van der Waals surface area contributed by atoms with Crippen molar-refractivity contribution in [3.05, 3.63) is 29.3 Å².